The van der Waals surface area contributed by atoms with Crippen LogP contribution in [0.2, 0.25) is 0 Å². The van der Waals surface area contributed by atoms with E-state index in [9.17, 15) is 14.4 Å². The number of carbonyl (C=O) groups is 3. The molecule has 0 radical (unpaired) electrons. The van der Waals surface area contributed by atoms with Crippen molar-refractivity contribution < 1.29 is 28.6 Å². The van der Waals surface area contributed by atoms with Crippen LogP contribution in [0.3, 0.4) is 0 Å². The van der Waals surface area contributed by atoms with Crippen molar-refractivity contribution in [3.8, 4) is 0 Å². The molecule has 6 nitrogen and oxygen atoms in total. The fourth-order valence-corrected chi connectivity index (χ4v) is 9.83. The van der Waals surface area contributed by atoms with Crippen molar-refractivity contribution in [1.82, 2.24) is 0 Å². The molecule has 0 bridgehead atoms. The summed E-state index contributed by atoms with van der Waals surface area (Å²) in [6.07, 6.45) is 73.2. The molecular formula is C66H124O6. The van der Waals surface area contributed by atoms with Crippen LogP contribution in [0.1, 0.15) is 361 Å². The summed E-state index contributed by atoms with van der Waals surface area (Å²) in [5.74, 6) is -0.840. The number of ether oxygens (including phenoxy) is 3. The van der Waals surface area contributed by atoms with E-state index in [0.29, 0.717) is 19.3 Å². The highest BCUT2D eigenvalue weighted by Crippen LogP contribution is 2.18. The van der Waals surface area contributed by atoms with Crippen molar-refractivity contribution in [2.24, 2.45) is 0 Å². The molecule has 0 aliphatic carbocycles. The second-order valence-corrected chi connectivity index (χ2v) is 22.0. The van der Waals surface area contributed by atoms with E-state index >= 15 is 0 Å². The molecule has 0 aliphatic rings. The van der Waals surface area contributed by atoms with Gasteiger partial charge in [0.15, 0.2) is 6.10 Å². The van der Waals surface area contributed by atoms with E-state index in [1.165, 1.54) is 257 Å². The molecule has 72 heavy (non-hydrogen) atoms. The number of esters is 3. The minimum atomic E-state index is -0.769. The van der Waals surface area contributed by atoms with Crippen molar-refractivity contribution in [2.45, 2.75) is 367 Å². The van der Waals surface area contributed by atoms with E-state index in [1.54, 1.807) is 0 Å². The average molecular weight is 1010 g/mol. The van der Waals surface area contributed by atoms with Gasteiger partial charge >= 0.3 is 17.9 Å². The summed E-state index contributed by atoms with van der Waals surface area (Å²) in [5.41, 5.74) is 0. The average Bonchev–Trinajstić information content (AvgIpc) is 3.38. The van der Waals surface area contributed by atoms with Crippen LogP contribution in [-0.2, 0) is 28.6 Å². The molecule has 6 heteroatoms. The second-order valence-electron chi connectivity index (χ2n) is 22.0. The molecule has 0 aromatic rings. The fraction of sp³-hybridized carbons (Fsp3) is 0.894. The Kier molecular flexibility index (Phi) is 59.6. The van der Waals surface area contributed by atoms with Gasteiger partial charge in [-0.3, -0.25) is 14.4 Å². The van der Waals surface area contributed by atoms with Crippen LogP contribution in [0.5, 0.6) is 0 Å². The van der Waals surface area contributed by atoms with Gasteiger partial charge in [-0.2, -0.15) is 0 Å². The van der Waals surface area contributed by atoms with Crippen molar-refractivity contribution in [3.63, 3.8) is 0 Å². The van der Waals surface area contributed by atoms with Crippen molar-refractivity contribution in [3.05, 3.63) is 24.3 Å². The van der Waals surface area contributed by atoms with Gasteiger partial charge < -0.3 is 14.2 Å². The molecule has 0 heterocycles. The monoisotopic (exact) mass is 1010 g/mol. The van der Waals surface area contributed by atoms with E-state index in [-0.39, 0.29) is 31.1 Å². The lowest BCUT2D eigenvalue weighted by molar-refractivity contribution is -0.167. The Morgan fingerprint density at radius 2 is 0.500 bits per heavy atom. The number of unbranched alkanes of at least 4 members (excludes halogenated alkanes) is 45. The molecule has 0 N–H and O–H groups in total. The molecule has 0 fully saturated rings. The van der Waals surface area contributed by atoms with Crippen LogP contribution < -0.4 is 0 Å². The lowest BCUT2D eigenvalue weighted by atomic mass is 10.0. The Balaban J connectivity index is 4.31. The van der Waals surface area contributed by atoms with Crippen molar-refractivity contribution in [2.75, 3.05) is 13.2 Å². The third kappa shape index (κ3) is 58.8. The highest BCUT2D eigenvalue weighted by atomic mass is 16.6. The summed E-state index contributed by atoms with van der Waals surface area (Å²) < 4.78 is 17.0. The zero-order valence-electron chi connectivity index (χ0n) is 48.7. The highest BCUT2D eigenvalue weighted by Gasteiger charge is 2.19. The van der Waals surface area contributed by atoms with Crippen LogP contribution in [0, 0.1) is 0 Å². The summed E-state index contributed by atoms with van der Waals surface area (Å²) in [7, 11) is 0. The zero-order valence-corrected chi connectivity index (χ0v) is 48.7. The van der Waals surface area contributed by atoms with Crippen molar-refractivity contribution in [1.29, 1.82) is 0 Å². The van der Waals surface area contributed by atoms with Crippen LogP contribution >= 0.6 is 0 Å². The van der Waals surface area contributed by atoms with Gasteiger partial charge in [-0.25, -0.2) is 0 Å². The maximum atomic E-state index is 12.9. The largest absolute Gasteiger partial charge is 0.462 e. The standard InChI is InChI=1S/C66H124O6/c1-4-7-10-13-16-19-22-25-28-31-33-36-38-41-44-47-50-53-56-59-65(68)71-62-63(61-70-64(67)58-55-52-49-46-43-40-37-34-30-27-24-21-18-15-12-9-6-3)72-66(69)60-57-54-51-48-45-42-39-35-32-29-26-23-20-17-14-11-8-5-2/h16,19,25,28,63H,4-15,17-18,20-24,26-27,29-62H2,1-3H3/b19-16-,28-25-. The van der Waals surface area contributed by atoms with Gasteiger partial charge in [-0.15, -0.1) is 0 Å². The third-order valence-corrected chi connectivity index (χ3v) is 14.7. The van der Waals surface area contributed by atoms with Crippen LogP contribution in [-0.4, -0.2) is 37.2 Å². The minimum absolute atomic E-state index is 0.0660. The van der Waals surface area contributed by atoms with E-state index in [2.05, 4.69) is 45.1 Å². The van der Waals surface area contributed by atoms with Gasteiger partial charge in [0.1, 0.15) is 13.2 Å². The summed E-state index contributed by atoms with van der Waals surface area (Å²) in [5, 5.41) is 0. The third-order valence-electron chi connectivity index (χ3n) is 14.7. The zero-order chi connectivity index (χ0) is 52.2. The molecule has 1 atom stereocenters. The minimum Gasteiger partial charge on any atom is -0.462 e. The second kappa shape index (κ2) is 61.4. The molecule has 1 unspecified atom stereocenters. The van der Waals surface area contributed by atoms with Crippen LogP contribution in [0.25, 0.3) is 0 Å². The first kappa shape index (κ1) is 69.9. The number of allylic oxidation sites excluding steroid dienone is 4. The summed E-state index contributed by atoms with van der Waals surface area (Å²) >= 11 is 0. The number of hydrogen-bond acceptors (Lipinski definition) is 6. The van der Waals surface area contributed by atoms with Crippen LogP contribution in [0.4, 0.5) is 0 Å². The van der Waals surface area contributed by atoms with E-state index in [1.807, 2.05) is 0 Å². The summed E-state index contributed by atoms with van der Waals surface area (Å²) in [4.78, 5) is 38.3. The molecule has 0 aliphatic heterocycles. The smallest absolute Gasteiger partial charge is 0.306 e. The first-order valence-corrected chi connectivity index (χ1v) is 32.3. The Morgan fingerprint density at radius 3 is 0.792 bits per heavy atom. The van der Waals surface area contributed by atoms with Crippen LogP contribution in [0.15, 0.2) is 24.3 Å². The predicted molar refractivity (Wildman–Crippen MR) is 312 cm³/mol. The molecule has 0 rings (SSSR count). The molecule has 0 spiro atoms. The van der Waals surface area contributed by atoms with Gasteiger partial charge in [0, 0.05) is 19.3 Å². The molecule has 0 amide bonds. The normalized spacial score (nSPS) is 12.1. The topological polar surface area (TPSA) is 78.9 Å². The summed E-state index contributed by atoms with van der Waals surface area (Å²) in [6, 6.07) is 0. The first-order valence-electron chi connectivity index (χ1n) is 32.3. The number of hydrogen-bond donors (Lipinski definition) is 0. The fourth-order valence-electron chi connectivity index (χ4n) is 9.83. The Bertz CT molecular complexity index is 1160. The number of carbonyl (C=O) groups excluding carboxylic acids is 3. The molecule has 424 valence electrons. The van der Waals surface area contributed by atoms with E-state index in [0.717, 1.165) is 64.2 Å². The Hall–Kier alpha value is -2.11. The van der Waals surface area contributed by atoms with E-state index < -0.39 is 6.10 Å². The Morgan fingerprint density at radius 1 is 0.278 bits per heavy atom. The van der Waals surface area contributed by atoms with Gasteiger partial charge in [0.2, 0.25) is 0 Å². The number of rotatable bonds is 60. The van der Waals surface area contributed by atoms with Crippen molar-refractivity contribution >= 4 is 17.9 Å². The lowest BCUT2D eigenvalue weighted by Gasteiger charge is -2.18. The highest BCUT2D eigenvalue weighted by molar-refractivity contribution is 5.71. The lowest BCUT2D eigenvalue weighted by Crippen LogP contribution is -2.30. The maximum absolute atomic E-state index is 12.9. The van der Waals surface area contributed by atoms with Gasteiger partial charge in [0.25, 0.3) is 0 Å². The Labute approximate surface area is 449 Å². The van der Waals surface area contributed by atoms with Gasteiger partial charge in [0.05, 0.1) is 0 Å². The SMILES string of the molecule is CCCCC/C=C\C/C=C\CCCCCCCCCCCC(=O)OCC(COC(=O)CCCCCCCCCCCCCCCCCCC)OC(=O)CCCCCCCCCCCCCCCCCCCC. The maximum Gasteiger partial charge on any atom is 0.306 e. The molecule has 0 saturated heterocycles. The summed E-state index contributed by atoms with van der Waals surface area (Å²) in [6.45, 7) is 6.69. The molecular weight excluding hydrogens is 889 g/mol. The first-order chi connectivity index (χ1) is 35.5. The molecule has 0 saturated carbocycles. The van der Waals surface area contributed by atoms with Gasteiger partial charge in [-0.05, 0) is 51.4 Å². The molecule has 0 aromatic heterocycles. The predicted octanol–water partition coefficient (Wildman–Crippen LogP) is 21.8. The van der Waals surface area contributed by atoms with Gasteiger partial charge in [-0.1, -0.05) is 315 Å². The van der Waals surface area contributed by atoms with E-state index in [4.69, 9.17) is 14.2 Å². The molecule has 0 aromatic carbocycles. The quantitative estimate of drug-likeness (QED) is 0.0261.